The fraction of sp³-hybridized carbons (Fsp3) is 0.538. The third-order valence-corrected chi connectivity index (χ3v) is 4.49. The first-order valence-electron chi connectivity index (χ1n) is 5.66. The highest BCUT2D eigenvalue weighted by Crippen LogP contribution is 2.24. The van der Waals surface area contributed by atoms with Crippen molar-refractivity contribution in [1.82, 2.24) is 4.90 Å². The number of halogens is 1. The molecule has 1 aliphatic heterocycles. The van der Waals surface area contributed by atoms with E-state index in [1.165, 1.54) is 25.1 Å². The molecular formula is C13H18BrN. The third kappa shape index (κ3) is 3.05. The van der Waals surface area contributed by atoms with Crippen LogP contribution in [0.4, 0.5) is 0 Å². The normalized spacial score (nSPS) is 27.9. The summed E-state index contributed by atoms with van der Waals surface area (Å²) in [5.41, 5.74) is 1.43. The van der Waals surface area contributed by atoms with E-state index in [0.29, 0.717) is 4.83 Å². The molecule has 1 saturated heterocycles. The van der Waals surface area contributed by atoms with Crippen molar-refractivity contribution in [3.05, 3.63) is 35.9 Å². The van der Waals surface area contributed by atoms with Crippen LogP contribution in [0.1, 0.15) is 18.9 Å². The Bertz CT molecular complexity index is 299. The lowest BCUT2D eigenvalue weighted by molar-refractivity contribution is 0.183. The summed E-state index contributed by atoms with van der Waals surface area (Å²) in [5, 5.41) is 0. The molecule has 1 aromatic carbocycles. The Morgan fingerprint density at radius 2 is 2.07 bits per heavy atom. The van der Waals surface area contributed by atoms with Crippen molar-refractivity contribution in [2.45, 2.75) is 24.7 Å². The lowest BCUT2D eigenvalue weighted by Crippen LogP contribution is -2.39. The summed E-state index contributed by atoms with van der Waals surface area (Å²) in [6.45, 7) is 5.86. The van der Waals surface area contributed by atoms with Crippen LogP contribution in [0.15, 0.2) is 30.3 Å². The highest BCUT2D eigenvalue weighted by atomic mass is 79.9. The SMILES string of the molecule is C[C@@H]1CN(Cc2ccccc2)CC[C@@H]1Br. The minimum Gasteiger partial charge on any atom is -0.299 e. The number of alkyl halides is 1. The van der Waals surface area contributed by atoms with Crippen molar-refractivity contribution >= 4 is 15.9 Å². The van der Waals surface area contributed by atoms with Crippen LogP contribution in [-0.2, 0) is 6.54 Å². The second kappa shape index (κ2) is 5.13. The van der Waals surface area contributed by atoms with E-state index in [4.69, 9.17) is 0 Å². The Hall–Kier alpha value is -0.340. The van der Waals surface area contributed by atoms with Crippen LogP contribution in [0.5, 0.6) is 0 Å². The molecule has 2 atom stereocenters. The molecule has 0 radical (unpaired) electrons. The smallest absolute Gasteiger partial charge is 0.0233 e. The molecule has 0 aromatic heterocycles. The van der Waals surface area contributed by atoms with E-state index in [2.05, 4.69) is 58.1 Å². The lowest BCUT2D eigenvalue weighted by atomic mass is 9.99. The summed E-state index contributed by atoms with van der Waals surface area (Å²) < 4.78 is 0. The van der Waals surface area contributed by atoms with Gasteiger partial charge in [0.2, 0.25) is 0 Å². The summed E-state index contributed by atoms with van der Waals surface area (Å²) in [6.07, 6.45) is 1.27. The highest BCUT2D eigenvalue weighted by Gasteiger charge is 2.23. The quantitative estimate of drug-likeness (QED) is 0.744. The predicted molar refractivity (Wildman–Crippen MR) is 68.2 cm³/mol. The maximum absolute atomic E-state index is 3.74. The molecule has 0 spiro atoms. The number of piperidine rings is 1. The van der Waals surface area contributed by atoms with E-state index in [9.17, 15) is 0 Å². The topological polar surface area (TPSA) is 3.24 Å². The second-order valence-electron chi connectivity index (χ2n) is 4.50. The van der Waals surface area contributed by atoms with Crippen LogP contribution in [0.3, 0.4) is 0 Å². The molecular weight excluding hydrogens is 250 g/mol. The molecule has 2 heteroatoms. The number of hydrogen-bond acceptors (Lipinski definition) is 1. The summed E-state index contributed by atoms with van der Waals surface area (Å²) in [5.74, 6) is 0.766. The van der Waals surface area contributed by atoms with Gasteiger partial charge in [-0.05, 0) is 24.4 Å². The molecule has 1 aromatic rings. The molecule has 0 N–H and O–H groups in total. The first-order chi connectivity index (χ1) is 7.25. The van der Waals surface area contributed by atoms with E-state index >= 15 is 0 Å². The van der Waals surface area contributed by atoms with Crippen molar-refractivity contribution in [3.8, 4) is 0 Å². The summed E-state index contributed by atoms with van der Waals surface area (Å²) >= 11 is 3.74. The maximum atomic E-state index is 3.74. The van der Waals surface area contributed by atoms with Crippen molar-refractivity contribution in [3.63, 3.8) is 0 Å². The van der Waals surface area contributed by atoms with Crippen LogP contribution >= 0.6 is 15.9 Å². The van der Waals surface area contributed by atoms with E-state index < -0.39 is 0 Å². The number of likely N-dealkylation sites (tertiary alicyclic amines) is 1. The fourth-order valence-corrected chi connectivity index (χ4v) is 2.56. The van der Waals surface area contributed by atoms with Gasteiger partial charge in [0.15, 0.2) is 0 Å². The van der Waals surface area contributed by atoms with Gasteiger partial charge in [-0.25, -0.2) is 0 Å². The van der Waals surface area contributed by atoms with Gasteiger partial charge in [-0.1, -0.05) is 53.2 Å². The van der Waals surface area contributed by atoms with E-state index in [-0.39, 0.29) is 0 Å². The van der Waals surface area contributed by atoms with Gasteiger partial charge in [0.1, 0.15) is 0 Å². The Morgan fingerprint density at radius 3 is 2.73 bits per heavy atom. The van der Waals surface area contributed by atoms with Crippen LogP contribution in [-0.4, -0.2) is 22.8 Å². The van der Waals surface area contributed by atoms with Crippen LogP contribution in [0.2, 0.25) is 0 Å². The van der Waals surface area contributed by atoms with Crippen molar-refractivity contribution in [2.24, 2.45) is 5.92 Å². The molecule has 1 heterocycles. The average molecular weight is 268 g/mol. The van der Waals surface area contributed by atoms with E-state index in [1.807, 2.05) is 0 Å². The standard InChI is InChI=1S/C13H18BrN/c1-11-9-15(8-7-13(11)14)10-12-5-3-2-4-6-12/h2-6,11,13H,7-10H2,1H3/t11-,13+/m1/s1. The minimum atomic E-state index is 0.713. The first kappa shape index (κ1) is 11.2. The van der Waals surface area contributed by atoms with E-state index in [0.717, 1.165) is 12.5 Å². The number of hydrogen-bond donors (Lipinski definition) is 0. The third-order valence-electron chi connectivity index (χ3n) is 3.13. The minimum absolute atomic E-state index is 0.713. The molecule has 15 heavy (non-hydrogen) atoms. The molecule has 0 aliphatic carbocycles. The largest absolute Gasteiger partial charge is 0.299 e. The zero-order chi connectivity index (χ0) is 10.7. The van der Waals surface area contributed by atoms with Gasteiger partial charge in [0.05, 0.1) is 0 Å². The number of nitrogens with zero attached hydrogens (tertiary/aromatic N) is 1. The maximum Gasteiger partial charge on any atom is 0.0233 e. The van der Waals surface area contributed by atoms with Crippen molar-refractivity contribution < 1.29 is 0 Å². The monoisotopic (exact) mass is 267 g/mol. The number of benzene rings is 1. The van der Waals surface area contributed by atoms with Gasteiger partial charge in [0, 0.05) is 17.9 Å². The lowest BCUT2D eigenvalue weighted by Gasteiger charge is -2.34. The van der Waals surface area contributed by atoms with Crippen molar-refractivity contribution in [1.29, 1.82) is 0 Å². The summed E-state index contributed by atoms with van der Waals surface area (Å²) in [7, 11) is 0. The van der Waals surface area contributed by atoms with Gasteiger partial charge in [0.25, 0.3) is 0 Å². The molecule has 0 amide bonds. The van der Waals surface area contributed by atoms with Crippen LogP contribution in [0, 0.1) is 5.92 Å². The Labute approximate surface area is 101 Å². The zero-order valence-corrected chi connectivity index (χ0v) is 10.8. The Morgan fingerprint density at radius 1 is 1.33 bits per heavy atom. The van der Waals surface area contributed by atoms with Gasteiger partial charge in [-0.3, -0.25) is 4.90 Å². The summed E-state index contributed by atoms with van der Waals surface area (Å²) in [6, 6.07) is 10.7. The molecule has 2 rings (SSSR count). The molecule has 0 bridgehead atoms. The van der Waals surface area contributed by atoms with E-state index in [1.54, 1.807) is 0 Å². The van der Waals surface area contributed by atoms with Gasteiger partial charge >= 0.3 is 0 Å². The Balaban J connectivity index is 1.91. The molecule has 82 valence electrons. The highest BCUT2D eigenvalue weighted by molar-refractivity contribution is 9.09. The average Bonchev–Trinajstić information content (AvgIpc) is 2.25. The second-order valence-corrected chi connectivity index (χ2v) is 5.68. The molecule has 1 aliphatic rings. The number of rotatable bonds is 2. The molecule has 0 unspecified atom stereocenters. The first-order valence-corrected chi connectivity index (χ1v) is 6.57. The molecule has 0 saturated carbocycles. The Kier molecular flexibility index (Phi) is 3.81. The molecule has 1 nitrogen and oxygen atoms in total. The van der Waals surface area contributed by atoms with Crippen LogP contribution in [0.25, 0.3) is 0 Å². The molecule has 1 fully saturated rings. The van der Waals surface area contributed by atoms with Gasteiger partial charge in [-0.15, -0.1) is 0 Å². The predicted octanol–water partition coefficient (Wildman–Crippen LogP) is 3.29. The zero-order valence-electron chi connectivity index (χ0n) is 9.20. The van der Waals surface area contributed by atoms with Crippen molar-refractivity contribution in [2.75, 3.05) is 13.1 Å². The summed E-state index contributed by atoms with van der Waals surface area (Å²) in [4.78, 5) is 3.27. The van der Waals surface area contributed by atoms with Crippen LogP contribution < -0.4 is 0 Å². The van der Waals surface area contributed by atoms with Gasteiger partial charge < -0.3 is 0 Å². The van der Waals surface area contributed by atoms with Gasteiger partial charge in [-0.2, -0.15) is 0 Å². The fourth-order valence-electron chi connectivity index (χ4n) is 2.19.